The number of carbonyl (C=O) groups is 2. The fourth-order valence-corrected chi connectivity index (χ4v) is 4.11. The minimum absolute atomic E-state index is 0.0985. The average molecular weight is 499 g/mol. The molecule has 0 atom stereocenters. The molecule has 6 nitrogen and oxygen atoms in total. The zero-order chi connectivity index (χ0) is 24.2. The molecule has 174 valence electrons. The number of pyridine rings is 1. The van der Waals surface area contributed by atoms with Crippen LogP contribution in [0.3, 0.4) is 0 Å². The Balaban J connectivity index is 1.53. The van der Waals surface area contributed by atoms with Gasteiger partial charge >= 0.3 is 0 Å². The van der Waals surface area contributed by atoms with Crippen LogP contribution in [0.4, 0.5) is 10.2 Å². The topological polar surface area (TPSA) is 86.1 Å². The van der Waals surface area contributed by atoms with Gasteiger partial charge in [-0.3, -0.25) is 15.0 Å². The number of nitrogens with one attached hydrogen (secondary N) is 2. The average Bonchev–Trinajstić information content (AvgIpc) is 3.36. The third-order valence-corrected chi connectivity index (χ3v) is 6.06. The predicted molar refractivity (Wildman–Crippen MR) is 131 cm³/mol. The third-order valence-electron chi connectivity index (χ3n) is 5.60. The number of hydrogen-bond acceptors (Lipinski definition) is 4. The summed E-state index contributed by atoms with van der Waals surface area (Å²) in [6, 6.07) is 11.9. The highest BCUT2D eigenvalue weighted by molar-refractivity contribution is 6.31. The molecule has 0 spiro atoms. The van der Waals surface area contributed by atoms with Gasteiger partial charge in [0.05, 0.1) is 10.6 Å². The number of benzene rings is 2. The summed E-state index contributed by atoms with van der Waals surface area (Å²) in [5, 5.41) is 11.7. The van der Waals surface area contributed by atoms with Gasteiger partial charge in [0.25, 0.3) is 5.91 Å². The van der Waals surface area contributed by atoms with E-state index in [9.17, 15) is 14.0 Å². The second-order valence-electron chi connectivity index (χ2n) is 7.95. The molecule has 2 heterocycles. The summed E-state index contributed by atoms with van der Waals surface area (Å²) in [4.78, 5) is 31.7. The van der Waals surface area contributed by atoms with Gasteiger partial charge in [-0.15, -0.1) is 0 Å². The first-order valence-corrected chi connectivity index (χ1v) is 11.5. The largest absolute Gasteiger partial charge is 0.357 e. The summed E-state index contributed by atoms with van der Waals surface area (Å²) in [6.07, 6.45) is 3.21. The molecule has 2 N–H and O–H groups in total. The van der Waals surface area contributed by atoms with E-state index in [1.807, 2.05) is 4.90 Å². The molecule has 2 aromatic carbocycles. The van der Waals surface area contributed by atoms with E-state index < -0.39 is 17.5 Å². The van der Waals surface area contributed by atoms with Gasteiger partial charge < -0.3 is 10.2 Å². The number of amidine groups is 1. The highest BCUT2D eigenvalue weighted by atomic mass is 35.5. The molecule has 9 heteroatoms. The van der Waals surface area contributed by atoms with E-state index in [1.165, 1.54) is 24.4 Å². The van der Waals surface area contributed by atoms with Crippen molar-refractivity contribution in [3.8, 4) is 0 Å². The number of likely N-dealkylation sites (tertiary alicyclic amines) is 1. The first-order chi connectivity index (χ1) is 16.3. The molecule has 1 fully saturated rings. The van der Waals surface area contributed by atoms with Crippen molar-refractivity contribution in [2.24, 2.45) is 0 Å². The minimum atomic E-state index is -0.697. The Labute approximate surface area is 206 Å². The lowest BCUT2D eigenvalue weighted by atomic mass is 9.97. The van der Waals surface area contributed by atoms with Crippen molar-refractivity contribution >= 4 is 46.5 Å². The number of carbonyl (C=O) groups excluding carboxylic acids is 2. The highest BCUT2D eigenvalue weighted by Gasteiger charge is 2.21. The summed E-state index contributed by atoms with van der Waals surface area (Å²) in [5.74, 6) is -1.15. The number of rotatable bonds is 6. The minimum Gasteiger partial charge on any atom is -0.357 e. The van der Waals surface area contributed by atoms with E-state index in [1.54, 1.807) is 30.3 Å². The number of amides is 1. The molecule has 34 heavy (non-hydrogen) atoms. The van der Waals surface area contributed by atoms with E-state index in [0.717, 1.165) is 25.9 Å². The number of anilines is 1. The lowest BCUT2D eigenvalue weighted by Gasteiger charge is -2.18. The number of Topliss-reactive ketones (excluding diaryl/α,β-unsaturated/α-hetero) is 1. The molecule has 1 saturated heterocycles. The number of halogens is 3. The molecule has 3 aromatic rings. The second-order valence-corrected chi connectivity index (χ2v) is 8.83. The van der Waals surface area contributed by atoms with Crippen molar-refractivity contribution in [2.45, 2.75) is 19.3 Å². The molecule has 1 aromatic heterocycles. The fraction of sp³-hybridized carbons (Fsp3) is 0.200. The maximum atomic E-state index is 14.8. The summed E-state index contributed by atoms with van der Waals surface area (Å²) < 4.78 is 14.8. The highest BCUT2D eigenvalue weighted by Crippen LogP contribution is 2.22. The van der Waals surface area contributed by atoms with Crippen LogP contribution in [0.2, 0.25) is 10.0 Å². The van der Waals surface area contributed by atoms with E-state index >= 15 is 0 Å². The second kappa shape index (κ2) is 10.3. The quantitative estimate of drug-likeness (QED) is 0.262. The van der Waals surface area contributed by atoms with Gasteiger partial charge in [-0.05, 0) is 54.8 Å². The molecular formula is C25H21Cl2FN4O2. The van der Waals surface area contributed by atoms with Crippen molar-refractivity contribution < 1.29 is 14.0 Å². The van der Waals surface area contributed by atoms with Crippen LogP contribution in [0.1, 0.15) is 44.7 Å². The Kier molecular flexibility index (Phi) is 7.24. The lowest BCUT2D eigenvalue weighted by molar-refractivity contribution is 0.0988. The molecule has 4 rings (SSSR count). The van der Waals surface area contributed by atoms with Crippen molar-refractivity contribution in [3.05, 3.63) is 92.8 Å². The molecule has 0 unspecified atom stereocenters. The SMILES string of the molecule is N=C(c1ccc(C(=O)Cc2ccc(Cl)cc2C(=O)Nc2ccc(Cl)cn2)c(F)c1)N1CCCC1. The maximum absolute atomic E-state index is 14.8. The van der Waals surface area contributed by atoms with Crippen LogP contribution in [-0.4, -0.2) is 40.5 Å². The summed E-state index contributed by atoms with van der Waals surface area (Å²) in [6.45, 7) is 1.54. The Morgan fingerprint density at radius 2 is 1.74 bits per heavy atom. The zero-order valence-electron chi connectivity index (χ0n) is 18.1. The molecule has 0 radical (unpaired) electrons. The van der Waals surface area contributed by atoms with Gasteiger partial charge in [0.1, 0.15) is 17.5 Å². The van der Waals surface area contributed by atoms with Crippen LogP contribution in [0.15, 0.2) is 54.7 Å². The fourth-order valence-electron chi connectivity index (χ4n) is 3.83. The van der Waals surface area contributed by atoms with Gasteiger partial charge in [-0.2, -0.15) is 0 Å². The van der Waals surface area contributed by atoms with Gasteiger partial charge in [-0.25, -0.2) is 9.37 Å². The number of aromatic nitrogens is 1. The van der Waals surface area contributed by atoms with Gasteiger partial charge in [0.15, 0.2) is 5.78 Å². The van der Waals surface area contributed by atoms with Gasteiger partial charge in [-0.1, -0.05) is 35.3 Å². The van der Waals surface area contributed by atoms with Gasteiger partial charge in [0, 0.05) is 41.9 Å². The Morgan fingerprint density at radius 1 is 1.00 bits per heavy atom. The molecular weight excluding hydrogens is 478 g/mol. The van der Waals surface area contributed by atoms with Crippen LogP contribution in [-0.2, 0) is 6.42 Å². The first kappa shape index (κ1) is 23.9. The smallest absolute Gasteiger partial charge is 0.257 e. The van der Waals surface area contributed by atoms with Crippen LogP contribution >= 0.6 is 23.2 Å². The molecule has 1 aliphatic rings. The van der Waals surface area contributed by atoms with Crippen molar-refractivity contribution in [3.63, 3.8) is 0 Å². The Hall–Kier alpha value is -3.29. The zero-order valence-corrected chi connectivity index (χ0v) is 19.6. The lowest BCUT2D eigenvalue weighted by Crippen LogP contribution is -2.27. The van der Waals surface area contributed by atoms with E-state index in [4.69, 9.17) is 28.6 Å². The Morgan fingerprint density at radius 3 is 2.41 bits per heavy atom. The normalized spacial score (nSPS) is 13.1. The molecule has 1 aliphatic heterocycles. The summed E-state index contributed by atoms with van der Waals surface area (Å²) >= 11 is 11.9. The summed E-state index contributed by atoms with van der Waals surface area (Å²) in [5.41, 5.74) is 0.913. The van der Waals surface area contributed by atoms with Crippen LogP contribution in [0.5, 0.6) is 0 Å². The monoisotopic (exact) mass is 498 g/mol. The summed E-state index contributed by atoms with van der Waals surface area (Å²) in [7, 11) is 0. The molecule has 0 aliphatic carbocycles. The molecule has 1 amide bonds. The van der Waals surface area contributed by atoms with Crippen LogP contribution in [0, 0.1) is 11.2 Å². The number of hydrogen-bond donors (Lipinski definition) is 2. The van der Waals surface area contributed by atoms with Crippen LogP contribution in [0.25, 0.3) is 0 Å². The first-order valence-electron chi connectivity index (χ1n) is 10.7. The van der Waals surface area contributed by atoms with Crippen molar-refractivity contribution in [1.82, 2.24) is 9.88 Å². The number of ketones is 1. The Bertz CT molecular complexity index is 1260. The van der Waals surface area contributed by atoms with Crippen molar-refractivity contribution in [2.75, 3.05) is 18.4 Å². The van der Waals surface area contributed by atoms with Crippen molar-refractivity contribution in [1.29, 1.82) is 5.41 Å². The number of nitrogens with zero attached hydrogens (tertiary/aromatic N) is 2. The predicted octanol–water partition coefficient (Wildman–Crippen LogP) is 5.63. The third kappa shape index (κ3) is 5.43. The van der Waals surface area contributed by atoms with Crippen LogP contribution < -0.4 is 5.32 Å². The maximum Gasteiger partial charge on any atom is 0.257 e. The molecule has 0 bridgehead atoms. The molecule has 0 saturated carbocycles. The van der Waals surface area contributed by atoms with Gasteiger partial charge in [0.2, 0.25) is 0 Å². The van der Waals surface area contributed by atoms with E-state index in [-0.39, 0.29) is 29.2 Å². The van der Waals surface area contributed by atoms with E-state index in [2.05, 4.69) is 10.3 Å². The standard InChI is InChI=1S/C25H21Cl2FN4O2/c26-17-5-3-15(20(13-17)25(34)31-23-8-6-18(27)14-30-23)12-22(33)19-7-4-16(11-21(19)28)24(29)32-9-1-2-10-32/h3-8,11,13-14,29H,1-2,9-10,12H2,(H,30,31,34). The van der Waals surface area contributed by atoms with E-state index in [0.29, 0.717) is 21.2 Å².